The molecule has 0 spiro atoms. The molecule has 15 heavy (non-hydrogen) atoms. The van der Waals surface area contributed by atoms with Gasteiger partial charge in [0.2, 0.25) is 0 Å². The van der Waals surface area contributed by atoms with E-state index in [-0.39, 0.29) is 0 Å². The molecule has 5 heteroatoms. The maximum absolute atomic E-state index is 5.66. The minimum atomic E-state index is 0.511. The Bertz CT molecular complexity index is 337. The van der Waals surface area contributed by atoms with E-state index in [0.29, 0.717) is 5.82 Å². The Morgan fingerprint density at radius 1 is 1.40 bits per heavy atom. The van der Waals surface area contributed by atoms with Gasteiger partial charge in [0, 0.05) is 13.1 Å². The molecular weight excluding hydrogens is 194 g/mol. The smallest absolute Gasteiger partial charge is 0.173 e. The highest BCUT2D eigenvalue weighted by molar-refractivity contribution is 5.56. The lowest BCUT2D eigenvalue weighted by atomic mass is 10.3. The summed E-state index contributed by atoms with van der Waals surface area (Å²) in [5.41, 5.74) is 5.66. The predicted octanol–water partition coefficient (Wildman–Crippen LogP) is 0.509. The second-order valence-electron chi connectivity index (χ2n) is 3.36. The molecule has 1 aliphatic rings. The zero-order valence-corrected chi connectivity index (χ0v) is 8.77. The van der Waals surface area contributed by atoms with Crippen LogP contribution >= 0.6 is 0 Å². The Balaban J connectivity index is 2.27. The van der Waals surface area contributed by atoms with Crippen molar-refractivity contribution in [3.8, 4) is 5.75 Å². The predicted molar refractivity (Wildman–Crippen MR) is 58.2 cm³/mol. The van der Waals surface area contributed by atoms with E-state index in [4.69, 9.17) is 15.2 Å². The first kappa shape index (κ1) is 10.0. The van der Waals surface area contributed by atoms with Crippen molar-refractivity contribution in [2.45, 2.75) is 0 Å². The number of nitrogens with zero attached hydrogens (tertiary/aromatic N) is 2. The largest absolute Gasteiger partial charge is 0.493 e. The highest BCUT2D eigenvalue weighted by Crippen LogP contribution is 2.27. The van der Waals surface area contributed by atoms with E-state index in [0.717, 1.165) is 37.9 Å². The monoisotopic (exact) mass is 209 g/mol. The van der Waals surface area contributed by atoms with Gasteiger partial charge in [0.15, 0.2) is 11.6 Å². The summed E-state index contributed by atoms with van der Waals surface area (Å²) < 4.78 is 10.5. The number of anilines is 2. The Hall–Kier alpha value is -1.49. The van der Waals surface area contributed by atoms with E-state index in [1.165, 1.54) is 0 Å². The first-order valence-corrected chi connectivity index (χ1v) is 4.94. The topological polar surface area (TPSA) is 60.6 Å². The van der Waals surface area contributed by atoms with Crippen LogP contribution < -0.4 is 15.4 Å². The summed E-state index contributed by atoms with van der Waals surface area (Å²) in [7, 11) is 1.64. The van der Waals surface area contributed by atoms with Crippen molar-refractivity contribution in [3.63, 3.8) is 0 Å². The third kappa shape index (κ3) is 2.12. The number of pyridine rings is 1. The van der Waals surface area contributed by atoms with Crippen molar-refractivity contribution in [3.05, 3.63) is 12.1 Å². The average Bonchev–Trinajstić information content (AvgIpc) is 2.30. The summed E-state index contributed by atoms with van der Waals surface area (Å²) in [5.74, 6) is 2.07. The molecule has 0 atom stereocenters. The maximum atomic E-state index is 5.66. The third-order valence-electron chi connectivity index (χ3n) is 2.39. The van der Waals surface area contributed by atoms with Gasteiger partial charge >= 0.3 is 0 Å². The number of ether oxygens (including phenoxy) is 2. The Labute approximate surface area is 88.8 Å². The first-order valence-electron chi connectivity index (χ1n) is 4.94. The highest BCUT2D eigenvalue weighted by Gasteiger charge is 2.16. The van der Waals surface area contributed by atoms with Gasteiger partial charge in [-0.15, -0.1) is 0 Å². The molecule has 1 saturated heterocycles. The van der Waals surface area contributed by atoms with Crippen molar-refractivity contribution in [2.75, 3.05) is 44.0 Å². The average molecular weight is 209 g/mol. The van der Waals surface area contributed by atoms with Gasteiger partial charge in [-0.3, -0.25) is 0 Å². The number of aromatic nitrogens is 1. The molecule has 0 radical (unpaired) electrons. The molecule has 2 rings (SSSR count). The van der Waals surface area contributed by atoms with Crippen molar-refractivity contribution in [2.24, 2.45) is 0 Å². The summed E-state index contributed by atoms with van der Waals surface area (Å²) >= 11 is 0. The van der Waals surface area contributed by atoms with Gasteiger partial charge in [0.1, 0.15) is 5.82 Å². The molecule has 1 aromatic rings. The van der Waals surface area contributed by atoms with Gasteiger partial charge in [0.25, 0.3) is 0 Å². The van der Waals surface area contributed by atoms with Crippen molar-refractivity contribution < 1.29 is 9.47 Å². The normalized spacial score (nSPS) is 16.5. The Morgan fingerprint density at radius 2 is 2.13 bits per heavy atom. The fourth-order valence-corrected chi connectivity index (χ4v) is 1.61. The van der Waals surface area contributed by atoms with E-state index >= 15 is 0 Å². The third-order valence-corrected chi connectivity index (χ3v) is 2.39. The molecule has 82 valence electrons. The molecular formula is C10H15N3O2. The highest BCUT2D eigenvalue weighted by atomic mass is 16.5. The fraction of sp³-hybridized carbons (Fsp3) is 0.500. The van der Waals surface area contributed by atoms with Crippen LogP contribution in [0.1, 0.15) is 0 Å². The SMILES string of the molecule is COc1ccc(N)nc1N1CCOCC1. The van der Waals surface area contributed by atoms with Gasteiger partial charge in [-0.2, -0.15) is 0 Å². The molecule has 0 amide bonds. The Kier molecular flexibility index (Phi) is 2.91. The molecule has 0 aromatic carbocycles. The number of rotatable bonds is 2. The number of methoxy groups -OCH3 is 1. The van der Waals surface area contributed by atoms with Crippen LogP contribution in [0.3, 0.4) is 0 Å². The number of hydrogen-bond donors (Lipinski definition) is 1. The Morgan fingerprint density at radius 3 is 2.80 bits per heavy atom. The first-order chi connectivity index (χ1) is 7.31. The van der Waals surface area contributed by atoms with Crippen LogP contribution in [0.2, 0.25) is 0 Å². The van der Waals surface area contributed by atoms with E-state index < -0.39 is 0 Å². The zero-order valence-electron chi connectivity index (χ0n) is 8.77. The standard InChI is InChI=1S/C10H15N3O2/c1-14-8-2-3-9(11)12-10(8)13-4-6-15-7-5-13/h2-3H,4-7H2,1H3,(H2,11,12). The molecule has 0 unspecified atom stereocenters. The molecule has 5 nitrogen and oxygen atoms in total. The molecule has 1 aliphatic heterocycles. The summed E-state index contributed by atoms with van der Waals surface area (Å²) in [6.07, 6.45) is 0. The molecule has 2 heterocycles. The lowest BCUT2D eigenvalue weighted by molar-refractivity contribution is 0.122. The molecule has 0 saturated carbocycles. The molecule has 1 aromatic heterocycles. The quantitative estimate of drug-likeness (QED) is 0.769. The van der Waals surface area contributed by atoms with Gasteiger partial charge in [-0.05, 0) is 12.1 Å². The minimum Gasteiger partial charge on any atom is -0.493 e. The summed E-state index contributed by atoms with van der Waals surface area (Å²) in [5, 5.41) is 0. The van der Waals surface area contributed by atoms with E-state index in [2.05, 4.69) is 9.88 Å². The number of hydrogen-bond acceptors (Lipinski definition) is 5. The van der Waals surface area contributed by atoms with Crippen LogP contribution in [-0.4, -0.2) is 38.4 Å². The second kappa shape index (κ2) is 4.35. The fourth-order valence-electron chi connectivity index (χ4n) is 1.61. The van der Waals surface area contributed by atoms with Crippen LogP contribution in [-0.2, 0) is 4.74 Å². The van der Waals surface area contributed by atoms with Crippen LogP contribution in [0.4, 0.5) is 11.6 Å². The minimum absolute atomic E-state index is 0.511. The van der Waals surface area contributed by atoms with Crippen LogP contribution in [0.15, 0.2) is 12.1 Å². The summed E-state index contributed by atoms with van der Waals surface area (Å²) in [6, 6.07) is 3.58. The van der Waals surface area contributed by atoms with Gasteiger partial charge in [-0.25, -0.2) is 4.98 Å². The van der Waals surface area contributed by atoms with Crippen molar-refractivity contribution in [1.82, 2.24) is 4.98 Å². The van der Waals surface area contributed by atoms with E-state index in [9.17, 15) is 0 Å². The lowest BCUT2D eigenvalue weighted by Crippen LogP contribution is -2.37. The van der Waals surface area contributed by atoms with Gasteiger partial charge in [-0.1, -0.05) is 0 Å². The maximum Gasteiger partial charge on any atom is 0.173 e. The van der Waals surface area contributed by atoms with E-state index in [1.54, 1.807) is 13.2 Å². The van der Waals surface area contributed by atoms with E-state index in [1.807, 2.05) is 6.07 Å². The molecule has 1 fully saturated rings. The number of nitrogens with two attached hydrogens (primary N) is 1. The van der Waals surface area contributed by atoms with Crippen LogP contribution in [0.25, 0.3) is 0 Å². The number of morpholine rings is 1. The molecule has 2 N–H and O–H groups in total. The van der Waals surface area contributed by atoms with Crippen molar-refractivity contribution >= 4 is 11.6 Å². The summed E-state index contributed by atoms with van der Waals surface area (Å²) in [4.78, 5) is 6.41. The molecule has 0 aliphatic carbocycles. The van der Waals surface area contributed by atoms with Gasteiger partial charge < -0.3 is 20.1 Å². The van der Waals surface area contributed by atoms with Crippen LogP contribution in [0, 0.1) is 0 Å². The second-order valence-corrected chi connectivity index (χ2v) is 3.36. The lowest BCUT2D eigenvalue weighted by Gasteiger charge is -2.28. The van der Waals surface area contributed by atoms with Gasteiger partial charge in [0.05, 0.1) is 20.3 Å². The van der Waals surface area contributed by atoms with Crippen LogP contribution in [0.5, 0.6) is 5.75 Å². The number of nitrogen functional groups attached to an aromatic ring is 1. The molecule has 0 bridgehead atoms. The van der Waals surface area contributed by atoms with Crippen molar-refractivity contribution in [1.29, 1.82) is 0 Å². The zero-order chi connectivity index (χ0) is 10.7. The summed E-state index contributed by atoms with van der Waals surface area (Å²) in [6.45, 7) is 3.10.